The van der Waals surface area contributed by atoms with Crippen LogP contribution in [0.4, 0.5) is 61.7 Å². The Hall–Kier alpha value is -11.2. The minimum Gasteiger partial charge on any atom is -0.384 e. The maximum absolute atomic E-state index is 15.1. The summed E-state index contributed by atoms with van der Waals surface area (Å²) in [4.78, 5) is 130. The van der Waals surface area contributed by atoms with E-state index in [2.05, 4.69) is 61.6 Å². The van der Waals surface area contributed by atoms with Gasteiger partial charge in [-0.3, -0.25) is 19.3 Å². The number of ether oxygens (including phenoxy) is 1. The van der Waals surface area contributed by atoms with Crippen LogP contribution < -0.4 is 79.8 Å². The number of hydrogen-bond donors (Lipinski definition) is 12. The van der Waals surface area contributed by atoms with Crippen molar-refractivity contribution in [2.75, 3.05) is 124 Å². The summed E-state index contributed by atoms with van der Waals surface area (Å²) in [6.07, 6.45) is 6.08. The molecule has 0 radical (unpaired) electrons. The smallest absolute Gasteiger partial charge is 0.333 e. The molecule has 0 unspecified atom stereocenters. The number of H-pyrrole nitrogens is 3. The Bertz CT molecular complexity index is 6480. The zero-order chi connectivity index (χ0) is 86.7. The molecule has 3 aliphatic heterocycles. The average molecular weight is 1850 g/mol. The maximum atomic E-state index is 15.1. The molecule has 12 N–H and O–H groups in total. The summed E-state index contributed by atoms with van der Waals surface area (Å²) in [7, 11) is -12.6. The normalized spacial score (nSPS) is 14.1. The zero-order valence-electron chi connectivity index (χ0n) is 63.7. The molecule has 15 rings (SSSR count). The van der Waals surface area contributed by atoms with E-state index in [0.29, 0.717) is 63.3 Å². The third-order valence-corrected chi connectivity index (χ3v) is 28.3. The number of benzene rings is 6. The number of piperidine rings is 1. The fraction of sp³-hybridized carbons (Fsp3) is 0.250. The van der Waals surface area contributed by atoms with E-state index in [4.69, 9.17) is 39.5 Å². The molecular weight excluding hydrogens is 1780 g/mol. The summed E-state index contributed by atoms with van der Waals surface area (Å²) in [6.45, 7) is 12.1. The van der Waals surface area contributed by atoms with Crippen molar-refractivity contribution in [3.63, 3.8) is 0 Å². The lowest BCUT2D eigenvalue weighted by atomic mass is 10.1. The number of aromatic amines is 3. The molecule has 3 saturated heterocycles. The predicted molar refractivity (Wildman–Crippen MR) is 465 cm³/mol. The van der Waals surface area contributed by atoms with E-state index in [1.165, 1.54) is 86.7 Å². The predicted octanol–water partition coefficient (Wildman–Crippen LogP) is 10.3. The summed E-state index contributed by atoms with van der Waals surface area (Å²) in [6, 6.07) is 28.9. The first-order valence-electron chi connectivity index (χ1n) is 37.3. The second kappa shape index (κ2) is 38.9. The average Bonchev–Trinajstić information content (AvgIpc) is 1.05. The number of sulfonamides is 3. The largest absolute Gasteiger partial charge is 0.384 e. The van der Waals surface area contributed by atoms with Crippen LogP contribution in [-0.2, 0) is 34.8 Å². The molecule has 6 amide bonds. The fourth-order valence-corrected chi connectivity index (χ4v) is 20.5. The Labute approximate surface area is 717 Å². The molecule has 0 atom stereocenters. The number of amides is 6. The van der Waals surface area contributed by atoms with Gasteiger partial charge >= 0.3 is 35.2 Å². The quantitative estimate of drug-likeness (QED) is 0.0267. The minimum absolute atomic E-state index is 0.103. The first-order valence-corrected chi connectivity index (χ1v) is 45.4. The number of carbonyl (C=O) groups is 3. The van der Waals surface area contributed by atoms with Crippen molar-refractivity contribution in [2.24, 2.45) is 0 Å². The molecule has 6 aromatic carbocycles. The lowest BCUT2D eigenvalue weighted by molar-refractivity contribution is 0.0398. The van der Waals surface area contributed by atoms with E-state index in [1.807, 2.05) is 0 Å². The highest BCUT2D eigenvalue weighted by molar-refractivity contribution is 7.93. The molecule has 0 aliphatic carbocycles. The van der Waals surface area contributed by atoms with Crippen LogP contribution in [0.2, 0.25) is 13.0 Å². The Morgan fingerprint density at radius 2 is 0.648 bits per heavy atom. The van der Waals surface area contributed by atoms with Gasteiger partial charge in [-0.1, -0.05) is 41.2 Å². The van der Waals surface area contributed by atoms with Gasteiger partial charge < -0.3 is 61.4 Å². The Balaban J connectivity index is 0.000000158. The van der Waals surface area contributed by atoms with E-state index < -0.39 is 99.4 Å². The van der Waals surface area contributed by atoms with Gasteiger partial charge in [0.05, 0.1) is 76.0 Å². The van der Waals surface area contributed by atoms with Crippen molar-refractivity contribution >= 4 is 184 Å². The van der Waals surface area contributed by atoms with Gasteiger partial charge in [-0.25, -0.2) is 95.1 Å². The summed E-state index contributed by atoms with van der Waals surface area (Å²) < 4.78 is 132. The lowest BCUT2D eigenvalue weighted by Crippen LogP contribution is -2.39. The molecule has 3 fully saturated rings. The number of carbonyl (C=O) groups excluding carboxylic acids is 3. The first kappa shape index (κ1) is 88.6. The van der Waals surface area contributed by atoms with E-state index in [1.54, 1.807) is 68.8 Å². The van der Waals surface area contributed by atoms with Crippen molar-refractivity contribution in [3.05, 3.63) is 239 Å². The third-order valence-electron chi connectivity index (χ3n) is 19.2. The monoisotopic (exact) mass is 1850 g/mol. The van der Waals surface area contributed by atoms with Gasteiger partial charge in [-0.05, 0) is 197 Å². The molecule has 122 heavy (non-hydrogen) atoms. The summed E-state index contributed by atoms with van der Waals surface area (Å²) in [5, 5.41) is 17.0. The number of nitrogens with one attached hydrogen (secondary N) is 12. The lowest BCUT2D eigenvalue weighted by Gasteiger charge is -2.26. The number of nitrogens with zero attached hydrogens (tertiary/aromatic N) is 6. The van der Waals surface area contributed by atoms with E-state index in [9.17, 15) is 68.4 Å². The van der Waals surface area contributed by atoms with Crippen molar-refractivity contribution in [2.45, 2.75) is 44.7 Å². The molecule has 46 heteroatoms. The molecule has 0 bridgehead atoms. The molecule has 9 heterocycles. The van der Waals surface area contributed by atoms with Crippen molar-refractivity contribution < 1.29 is 57.5 Å². The highest BCUT2D eigenvalue weighted by Crippen LogP contribution is 2.30. The van der Waals surface area contributed by atoms with Gasteiger partial charge in [-0.2, -0.15) is 0 Å². The summed E-state index contributed by atoms with van der Waals surface area (Å²) in [5.74, 6) is -2.97. The van der Waals surface area contributed by atoms with Crippen LogP contribution in [0.5, 0.6) is 0 Å². The number of morpholine rings is 1. The van der Waals surface area contributed by atoms with Crippen molar-refractivity contribution in [3.8, 4) is 17.1 Å². The number of hydrogen-bond acceptors (Lipinski definition) is 25. The Kier molecular flexibility index (Phi) is 28.2. The molecule has 0 spiro atoms. The van der Waals surface area contributed by atoms with Gasteiger partial charge in [0.1, 0.15) is 30.1 Å². The van der Waals surface area contributed by atoms with Crippen LogP contribution in [0, 0.1) is 17.5 Å². The standard InChI is InChI=1S/C26H26ClFN6O5S2.C25H24ClFN6O6S2.C25H24ClFN6O5S2/c27-22-8-9-23(40-22)41(38,39)32-25(36)30-17-5-7-21(19(28)14-17)34-24(35)18-6-4-16(15-20(18)31-26(34)37)29-10-13-33-11-2-1-3-12-33;26-21-5-6-22(40-21)41(37,38)31-24(35)29-16-2-4-20(18(27)13-16)33-23(34)17-3-1-15(14-19(17)30-25(33)36)28-7-8-32-9-11-39-12-10-32;26-21-7-8-22(39-21)40(37,38)31-24(35)29-16-4-6-20(18(27)13-16)33-23(34)17-5-3-15(14-19(17)30-25(33)36)28-9-12-32-10-1-2-11-32/h4-9,14-15,29H,1-3,10-13H2,(H,31,37)(H2,30,32,36);1-6,13-14,28H,7-12H2,(H,30,36)(H2,29,31,35);3-8,13-14,28H,1-2,9-12H2,(H,30,36)(H2,29,31,35). The van der Waals surface area contributed by atoms with Crippen molar-refractivity contribution in [1.29, 1.82) is 0 Å². The van der Waals surface area contributed by atoms with Crippen molar-refractivity contribution in [1.82, 2.24) is 57.5 Å². The fourth-order valence-electron chi connectivity index (χ4n) is 13.3. The van der Waals surface area contributed by atoms with Gasteiger partial charge in [0.25, 0.3) is 46.7 Å². The third kappa shape index (κ3) is 22.0. The van der Waals surface area contributed by atoms with Crippen LogP contribution in [-0.4, -0.2) is 178 Å². The molecule has 6 aromatic heterocycles. The molecule has 3 aliphatic rings. The van der Waals surface area contributed by atoms with E-state index in [0.717, 1.165) is 141 Å². The van der Waals surface area contributed by atoms with Crippen LogP contribution in [0.25, 0.3) is 49.8 Å². The number of aromatic nitrogens is 6. The van der Waals surface area contributed by atoms with E-state index >= 15 is 13.2 Å². The SMILES string of the molecule is O=C(Nc1ccc(-n2c(=O)[nH]c3cc(NCCN4CCCC4)ccc3c2=O)c(F)c1)NS(=O)(=O)c1ccc(Cl)s1.O=C(Nc1ccc(-n2c(=O)[nH]c3cc(NCCN4CCCCC4)ccc3c2=O)c(F)c1)NS(=O)(=O)c1ccc(Cl)s1.O=C(Nc1ccc(-n2c(=O)[nH]c3cc(NCCN4CCOCC4)ccc3c2=O)c(F)c1)NS(=O)(=O)c1ccc(Cl)s1. The first-order chi connectivity index (χ1) is 58.3. The molecule has 12 aromatic rings. The van der Waals surface area contributed by atoms with Crippen LogP contribution >= 0.6 is 68.8 Å². The molecule has 642 valence electrons. The summed E-state index contributed by atoms with van der Waals surface area (Å²) in [5.41, 5.74) is -2.97. The van der Waals surface area contributed by atoms with Gasteiger partial charge in [-0.15, -0.1) is 34.0 Å². The maximum Gasteiger partial charge on any atom is 0.333 e. The molecule has 34 nitrogen and oxygen atoms in total. The second-order valence-corrected chi connectivity index (χ2v) is 38.4. The number of rotatable bonds is 24. The number of anilines is 6. The number of halogens is 6. The van der Waals surface area contributed by atoms with Crippen LogP contribution in [0.15, 0.2) is 187 Å². The zero-order valence-corrected chi connectivity index (χ0v) is 70.9. The number of thiophene rings is 3. The van der Waals surface area contributed by atoms with Crippen LogP contribution in [0.3, 0.4) is 0 Å². The number of urea groups is 3. The van der Waals surface area contributed by atoms with Gasteiger partial charge in [0.15, 0.2) is 0 Å². The highest BCUT2D eigenvalue weighted by atomic mass is 35.5. The molecular formula is C76H74Cl3F3N18O16S6. The Morgan fingerprint density at radius 1 is 0.369 bits per heavy atom. The van der Waals surface area contributed by atoms with E-state index in [-0.39, 0.29) is 81.4 Å². The van der Waals surface area contributed by atoms with Crippen LogP contribution in [0.1, 0.15) is 32.1 Å². The molecule has 0 saturated carbocycles. The summed E-state index contributed by atoms with van der Waals surface area (Å²) >= 11 is 19.5. The minimum atomic E-state index is -4.19. The Morgan fingerprint density at radius 3 is 0.926 bits per heavy atom. The van der Waals surface area contributed by atoms with Gasteiger partial charge in [0.2, 0.25) is 0 Å². The number of fused-ring (bicyclic) bond motifs is 3. The number of likely N-dealkylation sites (tertiary alicyclic amines) is 2. The highest BCUT2D eigenvalue weighted by Gasteiger charge is 2.27. The van der Waals surface area contributed by atoms with Gasteiger partial charge in [0, 0.05) is 86.5 Å². The topological polar surface area (TPSA) is 445 Å². The second-order valence-electron chi connectivity index (χ2n) is 27.5.